The van der Waals surface area contributed by atoms with Gasteiger partial charge in [0.2, 0.25) is 0 Å². The lowest BCUT2D eigenvalue weighted by Crippen LogP contribution is -2.00. The maximum atomic E-state index is 5.53. The molecule has 0 aliphatic rings. The SMILES string of the molecule is CCCOc1ccc(CC(Br)CC)cc1. The van der Waals surface area contributed by atoms with Crippen molar-refractivity contribution in [3.05, 3.63) is 29.8 Å². The molecule has 2 heteroatoms. The van der Waals surface area contributed by atoms with Gasteiger partial charge in [-0.3, -0.25) is 0 Å². The molecule has 0 saturated heterocycles. The zero-order chi connectivity index (χ0) is 11.1. The molecule has 0 radical (unpaired) electrons. The number of alkyl halides is 1. The van der Waals surface area contributed by atoms with Crippen molar-refractivity contribution in [3.8, 4) is 5.75 Å². The first-order valence-electron chi connectivity index (χ1n) is 5.62. The van der Waals surface area contributed by atoms with Crippen LogP contribution in [-0.2, 0) is 6.42 Å². The van der Waals surface area contributed by atoms with Gasteiger partial charge >= 0.3 is 0 Å². The number of ether oxygens (including phenoxy) is 1. The van der Waals surface area contributed by atoms with Crippen molar-refractivity contribution in [1.29, 1.82) is 0 Å². The average Bonchev–Trinajstić information content (AvgIpc) is 2.28. The fraction of sp³-hybridized carbons (Fsp3) is 0.538. The molecule has 0 saturated carbocycles. The zero-order valence-electron chi connectivity index (χ0n) is 9.50. The Morgan fingerprint density at radius 3 is 2.40 bits per heavy atom. The van der Waals surface area contributed by atoms with E-state index in [0.29, 0.717) is 4.83 Å². The van der Waals surface area contributed by atoms with E-state index in [-0.39, 0.29) is 0 Å². The van der Waals surface area contributed by atoms with E-state index in [4.69, 9.17) is 4.74 Å². The van der Waals surface area contributed by atoms with Crippen molar-refractivity contribution in [2.24, 2.45) is 0 Å². The van der Waals surface area contributed by atoms with E-state index in [9.17, 15) is 0 Å². The lowest BCUT2D eigenvalue weighted by molar-refractivity contribution is 0.317. The van der Waals surface area contributed by atoms with Crippen molar-refractivity contribution in [1.82, 2.24) is 0 Å². The third-order valence-corrected chi connectivity index (χ3v) is 3.27. The molecule has 0 N–H and O–H groups in total. The molecule has 1 aromatic rings. The topological polar surface area (TPSA) is 9.23 Å². The van der Waals surface area contributed by atoms with Crippen LogP contribution in [-0.4, -0.2) is 11.4 Å². The van der Waals surface area contributed by atoms with Crippen LogP contribution in [0.5, 0.6) is 5.75 Å². The third kappa shape index (κ3) is 4.70. The second-order valence-electron chi connectivity index (χ2n) is 3.70. The first-order chi connectivity index (χ1) is 7.26. The summed E-state index contributed by atoms with van der Waals surface area (Å²) in [6.45, 7) is 5.11. The molecule has 1 aromatic carbocycles. The van der Waals surface area contributed by atoms with Crippen molar-refractivity contribution in [2.75, 3.05) is 6.61 Å². The standard InChI is InChI=1S/C13H19BrO/c1-3-9-15-13-7-5-11(6-8-13)10-12(14)4-2/h5-8,12H,3-4,9-10H2,1-2H3. The number of benzene rings is 1. The molecule has 1 nitrogen and oxygen atoms in total. The fourth-order valence-electron chi connectivity index (χ4n) is 1.34. The molecule has 15 heavy (non-hydrogen) atoms. The van der Waals surface area contributed by atoms with E-state index in [0.717, 1.165) is 31.6 Å². The molecular formula is C13H19BrO. The van der Waals surface area contributed by atoms with Gasteiger partial charge in [0, 0.05) is 4.83 Å². The van der Waals surface area contributed by atoms with Crippen molar-refractivity contribution in [2.45, 2.75) is 37.9 Å². The fourth-order valence-corrected chi connectivity index (χ4v) is 1.72. The van der Waals surface area contributed by atoms with E-state index in [1.165, 1.54) is 5.56 Å². The molecule has 1 rings (SSSR count). The Kier molecular flexibility index (Phi) is 5.77. The van der Waals surface area contributed by atoms with Gasteiger partial charge in [0.15, 0.2) is 0 Å². The molecule has 1 atom stereocenters. The van der Waals surface area contributed by atoms with E-state index in [1.54, 1.807) is 0 Å². The Balaban J connectivity index is 2.48. The van der Waals surface area contributed by atoms with Gasteiger partial charge in [0.05, 0.1) is 6.61 Å². The summed E-state index contributed by atoms with van der Waals surface area (Å²) in [5, 5.41) is 0. The van der Waals surface area contributed by atoms with Crippen LogP contribution >= 0.6 is 15.9 Å². The van der Waals surface area contributed by atoms with Gasteiger partial charge in [0.1, 0.15) is 5.75 Å². The Morgan fingerprint density at radius 2 is 1.87 bits per heavy atom. The van der Waals surface area contributed by atoms with Crippen LogP contribution < -0.4 is 4.74 Å². The summed E-state index contributed by atoms with van der Waals surface area (Å²) < 4.78 is 5.53. The smallest absolute Gasteiger partial charge is 0.119 e. The normalized spacial score (nSPS) is 12.5. The van der Waals surface area contributed by atoms with Crippen LogP contribution in [0.25, 0.3) is 0 Å². The Bertz CT molecular complexity index is 268. The summed E-state index contributed by atoms with van der Waals surface area (Å²) in [6, 6.07) is 8.41. The highest BCUT2D eigenvalue weighted by Gasteiger charge is 2.02. The van der Waals surface area contributed by atoms with Gasteiger partial charge in [-0.1, -0.05) is 41.9 Å². The minimum atomic E-state index is 0.583. The molecule has 1 unspecified atom stereocenters. The van der Waals surface area contributed by atoms with Gasteiger partial charge in [-0.05, 0) is 37.0 Å². The molecule has 84 valence electrons. The highest BCUT2D eigenvalue weighted by atomic mass is 79.9. The zero-order valence-corrected chi connectivity index (χ0v) is 11.1. The minimum absolute atomic E-state index is 0.583. The summed E-state index contributed by atoms with van der Waals surface area (Å²) >= 11 is 3.64. The summed E-state index contributed by atoms with van der Waals surface area (Å²) in [7, 11) is 0. The predicted octanol–water partition coefficient (Wildman–Crippen LogP) is 4.19. The van der Waals surface area contributed by atoms with E-state index in [1.807, 2.05) is 0 Å². The number of halogens is 1. The molecular weight excluding hydrogens is 252 g/mol. The molecule has 0 aliphatic carbocycles. The molecule has 0 amide bonds. The number of rotatable bonds is 6. The van der Waals surface area contributed by atoms with E-state index in [2.05, 4.69) is 54.0 Å². The number of hydrogen-bond donors (Lipinski definition) is 0. The van der Waals surface area contributed by atoms with Crippen LogP contribution in [0.1, 0.15) is 32.3 Å². The molecule has 0 bridgehead atoms. The van der Waals surface area contributed by atoms with Crippen LogP contribution in [0.2, 0.25) is 0 Å². The molecule has 0 spiro atoms. The van der Waals surface area contributed by atoms with Gasteiger partial charge in [-0.15, -0.1) is 0 Å². The highest BCUT2D eigenvalue weighted by molar-refractivity contribution is 9.09. The van der Waals surface area contributed by atoms with E-state index >= 15 is 0 Å². The van der Waals surface area contributed by atoms with Gasteiger partial charge < -0.3 is 4.74 Å². The Labute approximate surface area is 101 Å². The second kappa shape index (κ2) is 6.89. The van der Waals surface area contributed by atoms with Gasteiger partial charge in [-0.2, -0.15) is 0 Å². The van der Waals surface area contributed by atoms with Gasteiger partial charge in [0.25, 0.3) is 0 Å². The molecule has 0 heterocycles. The summed E-state index contributed by atoms with van der Waals surface area (Å²) in [5.74, 6) is 0.975. The maximum Gasteiger partial charge on any atom is 0.119 e. The van der Waals surface area contributed by atoms with Crippen LogP contribution in [0.4, 0.5) is 0 Å². The second-order valence-corrected chi connectivity index (χ2v) is 5.00. The first kappa shape index (κ1) is 12.6. The van der Waals surface area contributed by atoms with Crippen molar-refractivity contribution >= 4 is 15.9 Å². The monoisotopic (exact) mass is 270 g/mol. The van der Waals surface area contributed by atoms with E-state index < -0.39 is 0 Å². The quantitative estimate of drug-likeness (QED) is 0.705. The average molecular weight is 271 g/mol. The van der Waals surface area contributed by atoms with Crippen LogP contribution in [0.15, 0.2) is 24.3 Å². The van der Waals surface area contributed by atoms with Gasteiger partial charge in [-0.25, -0.2) is 0 Å². The minimum Gasteiger partial charge on any atom is -0.494 e. The lowest BCUT2D eigenvalue weighted by Gasteiger charge is -2.08. The molecule has 0 fully saturated rings. The maximum absolute atomic E-state index is 5.53. The van der Waals surface area contributed by atoms with Crippen molar-refractivity contribution < 1.29 is 4.74 Å². The Hall–Kier alpha value is -0.500. The third-order valence-electron chi connectivity index (χ3n) is 2.30. The molecule has 0 aliphatic heterocycles. The molecule has 0 aromatic heterocycles. The van der Waals surface area contributed by atoms with Crippen LogP contribution in [0, 0.1) is 0 Å². The van der Waals surface area contributed by atoms with Crippen molar-refractivity contribution in [3.63, 3.8) is 0 Å². The largest absolute Gasteiger partial charge is 0.494 e. The summed E-state index contributed by atoms with van der Waals surface area (Å²) in [4.78, 5) is 0.583. The summed E-state index contributed by atoms with van der Waals surface area (Å²) in [5.41, 5.74) is 1.36. The lowest BCUT2D eigenvalue weighted by atomic mass is 10.1. The Morgan fingerprint density at radius 1 is 1.20 bits per heavy atom. The summed E-state index contributed by atoms with van der Waals surface area (Å²) in [6.07, 6.45) is 3.31. The highest BCUT2D eigenvalue weighted by Crippen LogP contribution is 2.17. The first-order valence-corrected chi connectivity index (χ1v) is 6.53. The van der Waals surface area contributed by atoms with Crippen LogP contribution in [0.3, 0.4) is 0 Å². The number of hydrogen-bond acceptors (Lipinski definition) is 1. The predicted molar refractivity (Wildman–Crippen MR) is 68.9 cm³/mol.